The predicted octanol–water partition coefficient (Wildman–Crippen LogP) is 3.09. The molecule has 0 saturated heterocycles. The average Bonchev–Trinajstić information content (AvgIpc) is 2.05. The Morgan fingerprint density at radius 2 is 1.90 bits per heavy atom. The zero-order chi connectivity index (χ0) is 7.40. The van der Waals surface area contributed by atoms with E-state index < -0.39 is 0 Å². The summed E-state index contributed by atoms with van der Waals surface area (Å²) in [7, 11) is 0. The number of hydrogen-bond acceptors (Lipinski definition) is 0. The summed E-state index contributed by atoms with van der Waals surface area (Å²) in [6.07, 6.45) is 0. The molecule has 0 N–H and O–H groups in total. The Morgan fingerprint density at radius 1 is 1.30 bits per heavy atom. The van der Waals surface area contributed by atoms with Crippen molar-refractivity contribution >= 4 is 21.5 Å². The highest BCUT2D eigenvalue weighted by atomic mass is 79.9. The van der Waals surface area contributed by atoms with Crippen molar-refractivity contribution in [3.8, 4) is 0 Å². The van der Waals surface area contributed by atoms with Gasteiger partial charge in [-0.1, -0.05) is 52.8 Å². The van der Waals surface area contributed by atoms with E-state index in [9.17, 15) is 0 Å². The Kier molecular flexibility index (Phi) is 2.69. The molecule has 1 heteroatoms. The first-order valence-electron chi connectivity index (χ1n) is 3.14. The number of allylic oxidation sites excluding steroid dienone is 1. The number of rotatable bonds is 2. The van der Waals surface area contributed by atoms with Crippen LogP contribution in [0.25, 0.3) is 5.57 Å². The lowest BCUT2D eigenvalue weighted by Crippen LogP contribution is -1.80. The summed E-state index contributed by atoms with van der Waals surface area (Å²) in [5, 5.41) is 0.844. The molecule has 0 aromatic heterocycles. The molecule has 0 nitrogen and oxygen atoms in total. The SMILES string of the molecule is C=C(CBr)c1ccccc1. The smallest absolute Gasteiger partial charge is 0.0283 e. The zero-order valence-electron chi connectivity index (χ0n) is 5.68. The lowest BCUT2D eigenvalue weighted by Gasteiger charge is -1.98. The van der Waals surface area contributed by atoms with Crippen LogP contribution in [0.4, 0.5) is 0 Å². The summed E-state index contributed by atoms with van der Waals surface area (Å²) in [5.74, 6) is 0. The lowest BCUT2D eigenvalue weighted by atomic mass is 10.1. The summed E-state index contributed by atoms with van der Waals surface area (Å²) < 4.78 is 0. The van der Waals surface area contributed by atoms with Gasteiger partial charge in [0.1, 0.15) is 0 Å². The van der Waals surface area contributed by atoms with Crippen LogP contribution in [0.2, 0.25) is 0 Å². The van der Waals surface area contributed by atoms with Gasteiger partial charge in [-0.25, -0.2) is 0 Å². The van der Waals surface area contributed by atoms with E-state index in [1.807, 2.05) is 18.2 Å². The molecule has 0 unspecified atom stereocenters. The summed E-state index contributed by atoms with van der Waals surface area (Å²) in [4.78, 5) is 0. The van der Waals surface area contributed by atoms with Gasteiger partial charge in [0.15, 0.2) is 0 Å². The molecule has 1 rings (SSSR count). The average molecular weight is 197 g/mol. The van der Waals surface area contributed by atoms with Gasteiger partial charge in [-0.2, -0.15) is 0 Å². The van der Waals surface area contributed by atoms with E-state index in [1.54, 1.807) is 0 Å². The minimum Gasteiger partial charge on any atom is -0.0944 e. The predicted molar refractivity (Wildman–Crippen MR) is 49.3 cm³/mol. The molecule has 0 spiro atoms. The van der Waals surface area contributed by atoms with Crippen LogP contribution >= 0.6 is 15.9 Å². The van der Waals surface area contributed by atoms with E-state index in [-0.39, 0.29) is 0 Å². The second-order valence-electron chi connectivity index (χ2n) is 2.10. The highest BCUT2D eigenvalue weighted by Crippen LogP contribution is 2.12. The van der Waals surface area contributed by atoms with Crippen molar-refractivity contribution in [1.29, 1.82) is 0 Å². The number of benzene rings is 1. The van der Waals surface area contributed by atoms with Crippen LogP contribution in [0.1, 0.15) is 5.56 Å². The molecular formula is C9H9Br. The Hall–Kier alpha value is -0.560. The van der Waals surface area contributed by atoms with Crippen LogP contribution in [0.15, 0.2) is 36.9 Å². The zero-order valence-corrected chi connectivity index (χ0v) is 7.26. The van der Waals surface area contributed by atoms with Crippen molar-refractivity contribution in [1.82, 2.24) is 0 Å². The molecule has 0 bridgehead atoms. The molecule has 0 fully saturated rings. The minimum absolute atomic E-state index is 0.844. The Morgan fingerprint density at radius 3 is 2.40 bits per heavy atom. The summed E-state index contributed by atoms with van der Waals surface area (Å²) in [6.45, 7) is 3.90. The third-order valence-corrected chi connectivity index (χ3v) is 2.02. The highest BCUT2D eigenvalue weighted by Gasteiger charge is 1.92. The quantitative estimate of drug-likeness (QED) is 0.639. The molecule has 10 heavy (non-hydrogen) atoms. The van der Waals surface area contributed by atoms with E-state index in [0.717, 1.165) is 10.9 Å². The van der Waals surface area contributed by atoms with Crippen molar-refractivity contribution in [3.05, 3.63) is 42.5 Å². The Bertz CT molecular complexity index is 213. The second kappa shape index (κ2) is 3.57. The minimum atomic E-state index is 0.844. The van der Waals surface area contributed by atoms with Crippen LogP contribution in [0.3, 0.4) is 0 Å². The van der Waals surface area contributed by atoms with Crippen LogP contribution in [-0.2, 0) is 0 Å². The maximum Gasteiger partial charge on any atom is 0.0283 e. The molecule has 0 aliphatic carbocycles. The number of halogens is 1. The molecule has 0 amide bonds. The molecule has 1 aromatic rings. The van der Waals surface area contributed by atoms with E-state index in [4.69, 9.17) is 0 Å². The van der Waals surface area contributed by atoms with E-state index >= 15 is 0 Å². The van der Waals surface area contributed by atoms with E-state index in [0.29, 0.717) is 0 Å². The highest BCUT2D eigenvalue weighted by molar-refractivity contribution is 9.09. The van der Waals surface area contributed by atoms with Crippen LogP contribution < -0.4 is 0 Å². The number of hydrogen-bond donors (Lipinski definition) is 0. The van der Waals surface area contributed by atoms with Gasteiger partial charge in [0.05, 0.1) is 0 Å². The van der Waals surface area contributed by atoms with Crippen LogP contribution in [-0.4, -0.2) is 5.33 Å². The largest absolute Gasteiger partial charge is 0.0944 e. The second-order valence-corrected chi connectivity index (χ2v) is 2.66. The first-order chi connectivity index (χ1) is 4.84. The lowest BCUT2D eigenvalue weighted by molar-refractivity contribution is 1.60. The standard InChI is InChI=1S/C9H9Br/c1-8(7-10)9-5-3-2-4-6-9/h2-6H,1,7H2. The topological polar surface area (TPSA) is 0 Å². The van der Waals surface area contributed by atoms with Crippen molar-refractivity contribution in [2.45, 2.75) is 0 Å². The summed E-state index contributed by atoms with van der Waals surface area (Å²) in [5.41, 5.74) is 2.33. The van der Waals surface area contributed by atoms with Crippen LogP contribution in [0, 0.1) is 0 Å². The fourth-order valence-electron chi connectivity index (χ4n) is 0.751. The van der Waals surface area contributed by atoms with Gasteiger partial charge in [-0.3, -0.25) is 0 Å². The van der Waals surface area contributed by atoms with Gasteiger partial charge in [0, 0.05) is 5.33 Å². The summed E-state index contributed by atoms with van der Waals surface area (Å²) in [6, 6.07) is 10.2. The molecule has 1 aromatic carbocycles. The molecule has 0 aliphatic rings. The molecule has 0 atom stereocenters. The van der Waals surface area contributed by atoms with Gasteiger partial charge in [-0.05, 0) is 11.1 Å². The van der Waals surface area contributed by atoms with Crippen molar-refractivity contribution in [2.24, 2.45) is 0 Å². The van der Waals surface area contributed by atoms with Crippen molar-refractivity contribution in [2.75, 3.05) is 5.33 Å². The van der Waals surface area contributed by atoms with Crippen LogP contribution in [0.5, 0.6) is 0 Å². The van der Waals surface area contributed by atoms with Gasteiger partial charge in [0.25, 0.3) is 0 Å². The van der Waals surface area contributed by atoms with Gasteiger partial charge >= 0.3 is 0 Å². The molecule has 0 saturated carbocycles. The van der Waals surface area contributed by atoms with E-state index in [2.05, 4.69) is 34.6 Å². The number of alkyl halides is 1. The fraction of sp³-hybridized carbons (Fsp3) is 0.111. The molecule has 0 radical (unpaired) electrons. The third-order valence-electron chi connectivity index (χ3n) is 1.34. The first kappa shape index (κ1) is 7.55. The third kappa shape index (κ3) is 1.71. The fourth-order valence-corrected chi connectivity index (χ4v) is 1.07. The maximum absolute atomic E-state index is 3.90. The van der Waals surface area contributed by atoms with Crippen molar-refractivity contribution in [3.63, 3.8) is 0 Å². The molecule has 52 valence electrons. The summed E-state index contributed by atoms with van der Waals surface area (Å²) >= 11 is 3.35. The van der Waals surface area contributed by atoms with E-state index in [1.165, 1.54) is 5.56 Å². The Labute approximate surface area is 69.7 Å². The van der Waals surface area contributed by atoms with Gasteiger partial charge in [-0.15, -0.1) is 0 Å². The normalized spacial score (nSPS) is 9.30. The molecule has 0 heterocycles. The maximum atomic E-state index is 3.90. The van der Waals surface area contributed by atoms with Gasteiger partial charge < -0.3 is 0 Å². The monoisotopic (exact) mass is 196 g/mol. The van der Waals surface area contributed by atoms with Crippen molar-refractivity contribution < 1.29 is 0 Å². The molecular weight excluding hydrogens is 188 g/mol. The van der Waals surface area contributed by atoms with Gasteiger partial charge in [0.2, 0.25) is 0 Å². The Balaban J connectivity index is 2.85. The first-order valence-corrected chi connectivity index (χ1v) is 4.26. The molecule has 0 aliphatic heterocycles.